The van der Waals surface area contributed by atoms with Crippen molar-refractivity contribution in [2.45, 2.75) is 58.7 Å². The summed E-state index contributed by atoms with van der Waals surface area (Å²) in [6.45, 7) is 8.64. The zero-order valence-electron chi connectivity index (χ0n) is 24.3. The van der Waals surface area contributed by atoms with Gasteiger partial charge in [-0.25, -0.2) is 14.6 Å². The van der Waals surface area contributed by atoms with Gasteiger partial charge in [0.15, 0.2) is 0 Å². The Morgan fingerprint density at radius 1 is 1.19 bits per heavy atom. The smallest absolute Gasteiger partial charge is 0.407 e. The van der Waals surface area contributed by atoms with E-state index in [2.05, 4.69) is 10.2 Å². The van der Waals surface area contributed by atoms with Gasteiger partial charge in [-0.2, -0.15) is 0 Å². The molecular weight excluding hydrogens is 673 g/mol. The molecule has 0 bridgehead atoms. The van der Waals surface area contributed by atoms with Crippen LogP contribution in [0.3, 0.4) is 0 Å². The summed E-state index contributed by atoms with van der Waals surface area (Å²) in [4.78, 5) is 46.9. The summed E-state index contributed by atoms with van der Waals surface area (Å²) in [5.41, 5.74) is 1.51. The number of aromatic nitrogens is 2. The maximum Gasteiger partial charge on any atom is 0.407 e. The van der Waals surface area contributed by atoms with Crippen molar-refractivity contribution in [1.29, 1.82) is 0 Å². The molecule has 0 spiro atoms. The van der Waals surface area contributed by atoms with Crippen LogP contribution in [0.1, 0.15) is 65.6 Å². The molecule has 0 saturated carbocycles. The highest BCUT2D eigenvalue weighted by molar-refractivity contribution is 14.1. The third-order valence-corrected chi connectivity index (χ3v) is 8.05. The van der Waals surface area contributed by atoms with Crippen LogP contribution in [0.15, 0.2) is 42.5 Å². The molecule has 1 aromatic heterocycles. The highest BCUT2D eigenvalue weighted by atomic mass is 127. The number of imidazole rings is 1. The standard InChI is InChI=1S/C30H35ClIN5O5/c1-18-10-8-13-21(27(39)40)23(18)35(5)26(38)24-25(32)34-28(37(24)16-19-11-6-7-14-22(19)31)36-15-9-12-20(17-36)33-29(41)42-30(2,3)4/h6-8,10-11,13-14,20H,9,12,15-17H2,1-5H3,(H,33,41)(H,39,40)/t20-/m1/s1. The van der Waals surface area contributed by atoms with Gasteiger partial charge in [0.1, 0.15) is 15.0 Å². The number of carbonyl (C=O) groups excluding carboxylic acids is 2. The fourth-order valence-electron chi connectivity index (χ4n) is 5.09. The second kappa shape index (κ2) is 12.9. The number of halogens is 2. The number of carboxylic acids is 1. The van der Waals surface area contributed by atoms with Crippen molar-refractivity contribution in [2.75, 3.05) is 29.9 Å². The molecular formula is C30H35ClIN5O5. The van der Waals surface area contributed by atoms with E-state index >= 15 is 0 Å². The van der Waals surface area contributed by atoms with Crippen LogP contribution in [0.5, 0.6) is 0 Å². The summed E-state index contributed by atoms with van der Waals surface area (Å²) < 4.78 is 7.76. The highest BCUT2D eigenvalue weighted by Crippen LogP contribution is 2.31. The average Bonchev–Trinajstić information content (AvgIpc) is 3.23. The number of aryl methyl sites for hydroxylation is 1. The topological polar surface area (TPSA) is 117 Å². The van der Waals surface area contributed by atoms with E-state index in [0.717, 1.165) is 18.4 Å². The molecule has 4 rings (SSSR count). The van der Waals surface area contributed by atoms with Crippen LogP contribution in [0.4, 0.5) is 16.4 Å². The van der Waals surface area contributed by atoms with Gasteiger partial charge < -0.3 is 29.5 Å². The molecule has 2 aromatic carbocycles. The van der Waals surface area contributed by atoms with E-state index in [1.54, 1.807) is 32.2 Å². The van der Waals surface area contributed by atoms with Crippen LogP contribution >= 0.6 is 34.2 Å². The van der Waals surface area contributed by atoms with E-state index in [0.29, 0.717) is 44.7 Å². The first-order valence-corrected chi connectivity index (χ1v) is 15.1. The van der Waals surface area contributed by atoms with E-state index < -0.39 is 23.6 Å². The Morgan fingerprint density at radius 2 is 1.90 bits per heavy atom. The number of alkyl carbamates (subject to hydrolysis) is 1. The molecule has 3 aromatic rings. The number of hydrogen-bond donors (Lipinski definition) is 2. The predicted octanol–water partition coefficient (Wildman–Crippen LogP) is 5.97. The number of benzene rings is 2. The highest BCUT2D eigenvalue weighted by Gasteiger charge is 2.32. The van der Waals surface area contributed by atoms with E-state index in [1.165, 1.54) is 11.0 Å². The normalized spacial score (nSPS) is 15.3. The summed E-state index contributed by atoms with van der Waals surface area (Å²) in [5.74, 6) is -0.956. The Hall–Kier alpha value is -3.32. The maximum atomic E-state index is 14.2. The van der Waals surface area contributed by atoms with Crippen LogP contribution in [0.25, 0.3) is 0 Å². The molecule has 2 N–H and O–H groups in total. The third kappa shape index (κ3) is 7.17. The summed E-state index contributed by atoms with van der Waals surface area (Å²) in [7, 11) is 1.57. The molecule has 1 aliphatic rings. The van der Waals surface area contributed by atoms with Crippen molar-refractivity contribution in [3.8, 4) is 0 Å². The molecule has 0 radical (unpaired) electrons. The minimum Gasteiger partial charge on any atom is -0.478 e. The third-order valence-electron chi connectivity index (χ3n) is 6.93. The number of aromatic carboxylic acids is 1. The summed E-state index contributed by atoms with van der Waals surface area (Å²) >= 11 is 8.60. The lowest BCUT2D eigenvalue weighted by molar-refractivity contribution is 0.0499. The number of anilines is 2. The first-order valence-electron chi connectivity index (χ1n) is 13.6. The molecule has 1 fully saturated rings. The van der Waals surface area contributed by atoms with E-state index in [4.69, 9.17) is 21.3 Å². The summed E-state index contributed by atoms with van der Waals surface area (Å²) in [5, 5.41) is 13.3. The molecule has 1 aliphatic heterocycles. The first kappa shape index (κ1) is 31.6. The number of carbonyl (C=O) groups is 3. The lowest BCUT2D eigenvalue weighted by Gasteiger charge is -2.34. The molecule has 1 saturated heterocycles. The van der Waals surface area contributed by atoms with Gasteiger partial charge in [0.25, 0.3) is 5.91 Å². The summed E-state index contributed by atoms with van der Waals surface area (Å²) in [6, 6.07) is 12.1. The van der Waals surface area contributed by atoms with Crippen molar-refractivity contribution in [3.05, 3.63) is 73.6 Å². The minimum absolute atomic E-state index is 0.0327. The molecule has 42 heavy (non-hydrogen) atoms. The van der Waals surface area contributed by atoms with Gasteiger partial charge >= 0.3 is 12.1 Å². The van der Waals surface area contributed by atoms with Crippen molar-refractivity contribution < 1.29 is 24.2 Å². The van der Waals surface area contributed by atoms with Gasteiger partial charge in [-0.1, -0.05) is 41.9 Å². The monoisotopic (exact) mass is 707 g/mol. The molecule has 1 atom stereocenters. The maximum absolute atomic E-state index is 14.2. The lowest BCUT2D eigenvalue weighted by Crippen LogP contribution is -2.49. The van der Waals surface area contributed by atoms with Crippen LogP contribution < -0.4 is 15.1 Å². The molecule has 0 aliphatic carbocycles. The van der Waals surface area contributed by atoms with Crippen LogP contribution in [-0.4, -0.2) is 64.4 Å². The van der Waals surface area contributed by atoms with Crippen molar-refractivity contribution in [2.24, 2.45) is 0 Å². The molecule has 0 unspecified atom stereocenters. The van der Waals surface area contributed by atoms with Crippen molar-refractivity contribution in [3.63, 3.8) is 0 Å². The number of carboxylic acid groups (broad SMARTS) is 1. The number of para-hydroxylation sites is 1. The number of rotatable bonds is 7. The largest absolute Gasteiger partial charge is 0.478 e. The SMILES string of the molecule is Cc1cccc(C(=O)O)c1N(C)C(=O)c1c(I)nc(N2CCC[C@@H](NC(=O)OC(C)(C)C)C2)n1Cc1ccccc1Cl. The van der Waals surface area contributed by atoms with Gasteiger partial charge in [0, 0.05) is 31.2 Å². The Bertz CT molecular complexity index is 1500. The second-order valence-corrected chi connectivity index (χ2v) is 12.7. The fourth-order valence-corrected chi connectivity index (χ4v) is 6.03. The quantitative estimate of drug-likeness (QED) is 0.291. The Morgan fingerprint density at radius 3 is 2.57 bits per heavy atom. The van der Waals surface area contributed by atoms with Gasteiger partial charge in [-0.3, -0.25) is 4.79 Å². The Kier molecular flexibility index (Phi) is 9.71. The molecule has 224 valence electrons. The number of piperidine rings is 1. The zero-order valence-corrected chi connectivity index (χ0v) is 27.2. The molecule has 2 amide bonds. The molecule has 10 nitrogen and oxygen atoms in total. The number of nitrogens with one attached hydrogen (secondary N) is 1. The average molecular weight is 708 g/mol. The fraction of sp³-hybridized carbons (Fsp3) is 0.400. The van der Waals surface area contributed by atoms with E-state index in [-0.39, 0.29) is 18.2 Å². The number of hydrogen-bond acceptors (Lipinski definition) is 6. The second-order valence-electron chi connectivity index (χ2n) is 11.3. The lowest BCUT2D eigenvalue weighted by atomic mass is 10.1. The van der Waals surface area contributed by atoms with Crippen LogP contribution in [0, 0.1) is 10.6 Å². The van der Waals surface area contributed by atoms with E-state index in [9.17, 15) is 19.5 Å². The van der Waals surface area contributed by atoms with Crippen LogP contribution in [0.2, 0.25) is 5.02 Å². The van der Waals surface area contributed by atoms with Gasteiger partial charge in [-0.05, 0) is 86.4 Å². The number of ether oxygens (including phenoxy) is 1. The zero-order chi connectivity index (χ0) is 30.8. The van der Waals surface area contributed by atoms with Gasteiger partial charge in [-0.15, -0.1) is 0 Å². The molecule has 12 heteroatoms. The van der Waals surface area contributed by atoms with E-state index in [1.807, 2.05) is 66.1 Å². The Balaban J connectivity index is 1.74. The molecule has 2 heterocycles. The van der Waals surface area contributed by atoms with Gasteiger partial charge in [0.2, 0.25) is 5.95 Å². The predicted molar refractivity (Wildman–Crippen MR) is 171 cm³/mol. The van der Waals surface area contributed by atoms with Crippen molar-refractivity contribution in [1.82, 2.24) is 14.9 Å². The summed E-state index contributed by atoms with van der Waals surface area (Å²) in [6.07, 6.45) is 1.09. The van der Waals surface area contributed by atoms with Crippen LogP contribution in [-0.2, 0) is 11.3 Å². The first-order chi connectivity index (χ1) is 19.8. The number of nitrogens with zero attached hydrogens (tertiary/aromatic N) is 4. The van der Waals surface area contributed by atoms with Crippen molar-refractivity contribution >= 4 is 63.8 Å². The Labute approximate surface area is 264 Å². The minimum atomic E-state index is -1.12. The van der Waals surface area contributed by atoms with Gasteiger partial charge in [0.05, 0.1) is 17.8 Å². The number of amides is 2.